The van der Waals surface area contributed by atoms with Crippen molar-refractivity contribution in [3.05, 3.63) is 17.6 Å². The fraction of sp³-hybridized carbons (Fsp3) is 0.692. The molecule has 1 saturated carbocycles. The van der Waals surface area contributed by atoms with Crippen LogP contribution in [0.25, 0.3) is 0 Å². The monoisotopic (exact) mass is 286 g/mol. The molecule has 0 bridgehead atoms. The van der Waals surface area contributed by atoms with Crippen LogP contribution in [-0.2, 0) is 16.6 Å². The van der Waals surface area contributed by atoms with E-state index < -0.39 is 10.0 Å². The molecule has 1 fully saturated rings. The minimum Gasteiger partial charge on any atom is -0.464 e. The van der Waals surface area contributed by atoms with E-state index in [1.165, 1.54) is 12.8 Å². The predicted molar refractivity (Wildman–Crippen MR) is 73.4 cm³/mol. The SMILES string of the molecule is CCNCc1cc(S(=O)(=O)NCCC2CC2)c(C)o1. The van der Waals surface area contributed by atoms with Crippen molar-refractivity contribution in [3.63, 3.8) is 0 Å². The summed E-state index contributed by atoms with van der Waals surface area (Å²) in [6.07, 6.45) is 3.40. The third-order valence-corrected chi connectivity index (χ3v) is 4.87. The second-order valence-corrected chi connectivity index (χ2v) is 6.78. The molecule has 0 unspecified atom stereocenters. The third-order valence-electron chi connectivity index (χ3n) is 3.30. The van der Waals surface area contributed by atoms with Gasteiger partial charge >= 0.3 is 0 Å². The fourth-order valence-electron chi connectivity index (χ4n) is 2.01. The molecule has 2 N–H and O–H groups in total. The zero-order valence-electron chi connectivity index (χ0n) is 11.5. The van der Waals surface area contributed by atoms with Gasteiger partial charge in [-0.15, -0.1) is 0 Å². The first-order valence-electron chi connectivity index (χ1n) is 6.82. The van der Waals surface area contributed by atoms with Crippen LogP contribution in [0.1, 0.15) is 37.7 Å². The molecule has 0 aliphatic heterocycles. The molecular formula is C13H22N2O3S. The summed E-state index contributed by atoms with van der Waals surface area (Å²) in [6.45, 7) is 5.56. The van der Waals surface area contributed by atoms with Crippen molar-refractivity contribution < 1.29 is 12.8 Å². The van der Waals surface area contributed by atoms with Crippen molar-refractivity contribution in [3.8, 4) is 0 Å². The fourth-order valence-corrected chi connectivity index (χ4v) is 3.26. The quantitative estimate of drug-likeness (QED) is 0.764. The lowest BCUT2D eigenvalue weighted by Crippen LogP contribution is -2.25. The van der Waals surface area contributed by atoms with Gasteiger partial charge in [0.25, 0.3) is 0 Å². The minimum atomic E-state index is -3.43. The largest absolute Gasteiger partial charge is 0.464 e. The van der Waals surface area contributed by atoms with Gasteiger partial charge in [-0.25, -0.2) is 13.1 Å². The molecule has 1 aromatic rings. The predicted octanol–water partition coefficient (Wildman–Crippen LogP) is 1.78. The van der Waals surface area contributed by atoms with Gasteiger partial charge in [-0.2, -0.15) is 0 Å². The lowest BCUT2D eigenvalue weighted by molar-refractivity contribution is 0.460. The van der Waals surface area contributed by atoms with Crippen LogP contribution in [0.2, 0.25) is 0 Å². The molecule has 1 aliphatic carbocycles. The summed E-state index contributed by atoms with van der Waals surface area (Å²) in [5, 5.41) is 3.11. The van der Waals surface area contributed by atoms with Gasteiger partial charge in [0.05, 0.1) is 6.54 Å². The molecule has 0 saturated heterocycles. The lowest BCUT2D eigenvalue weighted by atomic mass is 10.3. The van der Waals surface area contributed by atoms with E-state index in [0.717, 1.165) is 18.9 Å². The van der Waals surface area contributed by atoms with Crippen LogP contribution in [0.5, 0.6) is 0 Å². The number of hydrogen-bond donors (Lipinski definition) is 2. The molecular weight excluding hydrogens is 264 g/mol. The van der Waals surface area contributed by atoms with Gasteiger partial charge in [-0.1, -0.05) is 19.8 Å². The van der Waals surface area contributed by atoms with Gasteiger partial charge in [0.15, 0.2) is 0 Å². The highest BCUT2D eigenvalue weighted by Gasteiger charge is 2.24. The molecule has 0 radical (unpaired) electrons. The van der Waals surface area contributed by atoms with Crippen molar-refractivity contribution in [2.24, 2.45) is 5.92 Å². The Hall–Kier alpha value is -0.850. The van der Waals surface area contributed by atoms with Gasteiger partial charge < -0.3 is 9.73 Å². The Labute approximate surface area is 114 Å². The van der Waals surface area contributed by atoms with E-state index in [-0.39, 0.29) is 4.90 Å². The maximum atomic E-state index is 12.2. The van der Waals surface area contributed by atoms with E-state index in [2.05, 4.69) is 10.0 Å². The van der Waals surface area contributed by atoms with Gasteiger partial charge in [-0.3, -0.25) is 0 Å². The second-order valence-electron chi connectivity index (χ2n) is 5.04. The van der Waals surface area contributed by atoms with Crippen molar-refractivity contribution >= 4 is 10.0 Å². The molecule has 0 aromatic carbocycles. The molecule has 19 heavy (non-hydrogen) atoms. The van der Waals surface area contributed by atoms with Crippen LogP contribution < -0.4 is 10.0 Å². The Morgan fingerprint density at radius 2 is 2.16 bits per heavy atom. The molecule has 1 aromatic heterocycles. The number of rotatable bonds is 8. The summed E-state index contributed by atoms with van der Waals surface area (Å²) in [6, 6.07) is 1.61. The van der Waals surface area contributed by atoms with Gasteiger partial charge in [0, 0.05) is 12.6 Å². The van der Waals surface area contributed by atoms with E-state index in [0.29, 0.717) is 24.6 Å². The smallest absolute Gasteiger partial charge is 0.244 e. The molecule has 6 heteroatoms. The van der Waals surface area contributed by atoms with Crippen LogP contribution in [-0.4, -0.2) is 21.5 Å². The molecule has 2 rings (SSSR count). The number of sulfonamides is 1. The molecule has 1 aliphatic rings. The van der Waals surface area contributed by atoms with E-state index in [4.69, 9.17) is 4.42 Å². The van der Waals surface area contributed by atoms with Crippen LogP contribution in [0.15, 0.2) is 15.4 Å². The molecule has 0 atom stereocenters. The zero-order chi connectivity index (χ0) is 13.9. The minimum absolute atomic E-state index is 0.260. The maximum Gasteiger partial charge on any atom is 0.244 e. The summed E-state index contributed by atoms with van der Waals surface area (Å²) in [7, 11) is -3.43. The van der Waals surface area contributed by atoms with E-state index >= 15 is 0 Å². The van der Waals surface area contributed by atoms with Crippen LogP contribution in [0.3, 0.4) is 0 Å². The number of nitrogens with one attached hydrogen (secondary N) is 2. The Morgan fingerprint density at radius 1 is 1.42 bits per heavy atom. The molecule has 5 nitrogen and oxygen atoms in total. The Kier molecular flexibility index (Phi) is 4.65. The third kappa shape index (κ3) is 4.06. The summed E-state index contributed by atoms with van der Waals surface area (Å²) in [5.74, 6) is 1.83. The van der Waals surface area contributed by atoms with E-state index in [1.807, 2.05) is 6.92 Å². The Morgan fingerprint density at radius 3 is 2.79 bits per heavy atom. The van der Waals surface area contributed by atoms with Gasteiger partial charge in [0.2, 0.25) is 10.0 Å². The molecule has 0 amide bonds. The summed E-state index contributed by atoms with van der Waals surface area (Å²) >= 11 is 0. The highest BCUT2D eigenvalue weighted by atomic mass is 32.2. The molecule has 1 heterocycles. The van der Waals surface area contributed by atoms with Crippen LogP contribution >= 0.6 is 0 Å². The standard InChI is InChI=1S/C13H22N2O3S/c1-3-14-9-12-8-13(10(2)18-12)19(16,17)15-7-6-11-4-5-11/h8,11,14-15H,3-7,9H2,1-2H3. The summed E-state index contributed by atoms with van der Waals surface area (Å²) < 4.78 is 32.4. The van der Waals surface area contributed by atoms with Crippen molar-refractivity contribution in [1.29, 1.82) is 0 Å². The zero-order valence-corrected chi connectivity index (χ0v) is 12.3. The Bertz CT molecular complexity index is 518. The van der Waals surface area contributed by atoms with Crippen molar-refractivity contribution in [1.82, 2.24) is 10.0 Å². The van der Waals surface area contributed by atoms with Gasteiger partial charge in [-0.05, 0) is 25.8 Å². The van der Waals surface area contributed by atoms with Gasteiger partial charge in [0.1, 0.15) is 16.4 Å². The summed E-state index contributed by atoms with van der Waals surface area (Å²) in [5.41, 5.74) is 0. The first-order chi connectivity index (χ1) is 9.03. The number of furan rings is 1. The highest BCUT2D eigenvalue weighted by Crippen LogP contribution is 2.32. The molecule has 0 spiro atoms. The second kappa shape index (κ2) is 6.07. The summed E-state index contributed by atoms with van der Waals surface area (Å²) in [4.78, 5) is 0.260. The maximum absolute atomic E-state index is 12.2. The van der Waals surface area contributed by atoms with Crippen molar-refractivity contribution in [2.45, 2.75) is 44.6 Å². The van der Waals surface area contributed by atoms with Crippen LogP contribution in [0.4, 0.5) is 0 Å². The molecule has 108 valence electrons. The highest BCUT2D eigenvalue weighted by molar-refractivity contribution is 7.89. The first kappa shape index (κ1) is 14.6. The average Bonchev–Trinajstić information content (AvgIpc) is 3.08. The lowest BCUT2D eigenvalue weighted by Gasteiger charge is -2.04. The normalized spacial score (nSPS) is 15.9. The van der Waals surface area contributed by atoms with E-state index in [1.54, 1.807) is 13.0 Å². The van der Waals surface area contributed by atoms with E-state index in [9.17, 15) is 8.42 Å². The topological polar surface area (TPSA) is 71.3 Å². The number of hydrogen-bond acceptors (Lipinski definition) is 4. The van der Waals surface area contributed by atoms with Crippen molar-refractivity contribution in [2.75, 3.05) is 13.1 Å². The number of aryl methyl sites for hydroxylation is 1. The first-order valence-corrected chi connectivity index (χ1v) is 8.31. The van der Waals surface area contributed by atoms with Crippen LogP contribution in [0, 0.1) is 12.8 Å². The Balaban J connectivity index is 1.99. The average molecular weight is 286 g/mol.